The second kappa shape index (κ2) is 1.78. The fraction of sp³-hybridized carbons (Fsp3) is 0.875. The quantitative estimate of drug-likeness (QED) is 0.573. The van der Waals surface area contributed by atoms with Gasteiger partial charge in [-0.2, -0.15) is 0 Å². The third-order valence-electron chi connectivity index (χ3n) is 3.32. The van der Waals surface area contributed by atoms with E-state index in [2.05, 4.69) is 19.2 Å². The Kier molecular flexibility index (Phi) is 1.15. The fourth-order valence-electron chi connectivity index (χ4n) is 2.46. The van der Waals surface area contributed by atoms with E-state index in [-0.39, 0.29) is 11.5 Å². The molecule has 0 unspecified atom stereocenters. The van der Waals surface area contributed by atoms with Crippen molar-refractivity contribution in [3.05, 3.63) is 0 Å². The second-order valence-corrected chi connectivity index (χ2v) is 4.18. The monoisotopic (exact) mass is 155 g/mol. The van der Waals surface area contributed by atoms with Crippen molar-refractivity contribution in [3.8, 4) is 0 Å². The minimum Gasteiger partial charge on any atom is -0.480 e. The summed E-state index contributed by atoms with van der Waals surface area (Å²) in [4.78, 5) is 10.7. The molecule has 0 spiro atoms. The smallest absolute Gasteiger partial charge is 0.321 e. The van der Waals surface area contributed by atoms with Gasteiger partial charge in [-0.3, -0.25) is 4.79 Å². The number of carboxylic acid groups (broad SMARTS) is 1. The van der Waals surface area contributed by atoms with Gasteiger partial charge in [0, 0.05) is 0 Å². The number of hydrogen-bond acceptors (Lipinski definition) is 2. The summed E-state index contributed by atoms with van der Waals surface area (Å²) in [6.07, 6.45) is 0. The number of piperidine rings is 1. The topological polar surface area (TPSA) is 49.3 Å². The van der Waals surface area contributed by atoms with Crippen LogP contribution in [0.25, 0.3) is 0 Å². The lowest BCUT2D eigenvalue weighted by Gasteiger charge is -2.14. The molecule has 0 bridgehead atoms. The van der Waals surface area contributed by atoms with Crippen LogP contribution >= 0.6 is 0 Å². The average Bonchev–Trinajstić information content (AvgIpc) is 2.34. The summed E-state index contributed by atoms with van der Waals surface area (Å²) in [7, 11) is 0. The van der Waals surface area contributed by atoms with Crippen molar-refractivity contribution >= 4 is 5.97 Å². The Morgan fingerprint density at radius 2 is 2.27 bits per heavy atom. The Labute approximate surface area is 65.8 Å². The fourth-order valence-corrected chi connectivity index (χ4v) is 2.46. The van der Waals surface area contributed by atoms with Crippen LogP contribution in [0.5, 0.6) is 0 Å². The van der Waals surface area contributed by atoms with Crippen LogP contribution in [0.3, 0.4) is 0 Å². The molecular formula is C8H13NO2. The zero-order valence-corrected chi connectivity index (χ0v) is 6.79. The summed E-state index contributed by atoms with van der Waals surface area (Å²) in [5, 5.41) is 11.8. The maximum absolute atomic E-state index is 10.7. The van der Waals surface area contributed by atoms with Gasteiger partial charge in [-0.1, -0.05) is 13.8 Å². The summed E-state index contributed by atoms with van der Waals surface area (Å²) in [6.45, 7) is 5.19. The molecule has 0 aromatic rings. The molecule has 0 aromatic heterocycles. The molecule has 2 N–H and O–H groups in total. The third-order valence-corrected chi connectivity index (χ3v) is 3.32. The van der Waals surface area contributed by atoms with Crippen LogP contribution in [0.2, 0.25) is 0 Å². The summed E-state index contributed by atoms with van der Waals surface area (Å²) in [5.74, 6) is 0.284. The predicted molar refractivity (Wildman–Crippen MR) is 40.2 cm³/mol. The summed E-state index contributed by atoms with van der Waals surface area (Å²) < 4.78 is 0. The molecule has 1 aliphatic carbocycles. The van der Waals surface area contributed by atoms with Crippen molar-refractivity contribution in [2.45, 2.75) is 19.9 Å². The van der Waals surface area contributed by atoms with Crippen molar-refractivity contribution in [1.29, 1.82) is 0 Å². The Hall–Kier alpha value is -0.570. The Balaban J connectivity index is 2.13. The Morgan fingerprint density at radius 3 is 2.55 bits per heavy atom. The van der Waals surface area contributed by atoms with Crippen LogP contribution in [-0.4, -0.2) is 23.7 Å². The highest BCUT2D eigenvalue weighted by molar-refractivity contribution is 5.75. The van der Waals surface area contributed by atoms with E-state index >= 15 is 0 Å². The van der Waals surface area contributed by atoms with Crippen molar-refractivity contribution in [1.82, 2.24) is 5.32 Å². The molecule has 0 radical (unpaired) electrons. The lowest BCUT2D eigenvalue weighted by atomic mass is 10.0. The maximum atomic E-state index is 10.7. The summed E-state index contributed by atoms with van der Waals surface area (Å²) >= 11 is 0. The standard InChI is InChI=1S/C8H13NO2/c1-8(2)4-3-9-6(5(4)8)7(10)11/h4-6,9H,3H2,1-2H3,(H,10,11)/t4-,5-,6-/m1/s1. The first-order valence-corrected chi connectivity index (χ1v) is 4.01. The van der Waals surface area contributed by atoms with Crippen LogP contribution in [0, 0.1) is 17.3 Å². The highest BCUT2D eigenvalue weighted by Gasteiger charge is 2.65. The van der Waals surface area contributed by atoms with Crippen molar-refractivity contribution in [2.24, 2.45) is 17.3 Å². The molecular weight excluding hydrogens is 142 g/mol. The van der Waals surface area contributed by atoms with E-state index in [0.29, 0.717) is 11.8 Å². The van der Waals surface area contributed by atoms with Crippen molar-refractivity contribution in [3.63, 3.8) is 0 Å². The normalized spacial score (nSPS) is 45.1. The SMILES string of the molecule is CC1(C)[C@@H]2[C@H]1CN[C@H]2C(=O)O. The molecule has 2 aliphatic rings. The van der Waals surface area contributed by atoms with Gasteiger partial charge in [-0.05, 0) is 23.8 Å². The van der Waals surface area contributed by atoms with Gasteiger partial charge in [0.25, 0.3) is 0 Å². The first kappa shape index (κ1) is 7.10. The second-order valence-electron chi connectivity index (χ2n) is 4.18. The van der Waals surface area contributed by atoms with Crippen LogP contribution in [-0.2, 0) is 4.79 Å². The minimum absolute atomic E-state index is 0.272. The molecule has 1 heterocycles. The molecule has 2 rings (SSSR count). The number of nitrogens with one attached hydrogen (secondary N) is 1. The van der Waals surface area contributed by atoms with E-state index in [9.17, 15) is 4.79 Å². The zero-order chi connectivity index (χ0) is 8.22. The number of carbonyl (C=O) groups is 1. The molecule has 1 saturated carbocycles. The van der Waals surface area contributed by atoms with Gasteiger partial charge < -0.3 is 10.4 Å². The van der Waals surface area contributed by atoms with Gasteiger partial charge in [-0.15, -0.1) is 0 Å². The molecule has 1 saturated heterocycles. The molecule has 0 amide bonds. The molecule has 1 aliphatic heterocycles. The Morgan fingerprint density at radius 1 is 1.64 bits per heavy atom. The van der Waals surface area contributed by atoms with E-state index in [1.54, 1.807) is 0 Å². The third kappa shape index (κ3) is 0.745. The van der Waals surface area contributed by atoms with Gasteiger partial charge in [-0.25, -0.2) is 0 Å². The first-order valence-electron chi connectivity index (χ1n) is 4.01. The van der Waals surface area contributed by atoms with Crippen molar-refractivity contribution in [2.75, 3.05) is 6.54 Å². The highest BCUT2D eigenvalue weighted by atomic mass is 16.4. The van der Waals surface area contributed by atoms with Gasteiger partial charge in [0.1, 0.15) is 6.04 Å². The molecule has 0 aromatic carbocycles. The van der Waals surface area contributed by atoms with E-state index < -0.39 is 5.97 Å². The minimum atomic E-state index is -0.692. The average molecular weight is 155 g/mol. The summed E-state index contributed by atoms with van der Waals surface area (Å²) in [6, 6.07) is -0.282. The van der Waals surface area contributed by atoms with Gasteiger partial charge in [0.15, 0.2) is 0 Å². The molecule has 62 valence electrons. The van der Waals surface area contributed by atoms with Gasteiger partial charge in [0.05, 0.1) is 0 Å². The molecule has 3 atom stereocenters. The molecule has 11 heavy (non-hydrogen) atoms. The molecule has 2 fully saturated rings. The van der Waals surface area contributed by atoms with E-state index in [0.717, 1.165) is 6.54 Å². The number of hydrogen-bond donors (Lipinski definition) is 2. The Bertz CT molecular complexity index is 212. The van der Waals surface area contributed by atoms with Gasteiger partial charge >= 0.3 is 5.97 Å². The lowest BCUT2D eigenvalue weighted by molar-refractivity contribution is -0.139. The van der Waals surface area contributed by atoms with E-state index in [1.807, 2.05) is 0 Å². The van der Waals surface area contributed by atoms with Crippen LogP contribution in [0.4, 0.5) is 0 Å². The lowest BCUT2D eigenvalue weighted by Crippen LogP contribution is -2.37. The number of rotatable bonds is 1. The number of fused-ring (bicyclic) bond motifs is 1. The van der Waals surface area contributed by atoms with Crippen LogP contribution in [0.15, 0.2) is 0 Å². The zero-order valence-electron chi connectivity index (χ0n) is 6.79. The highest BCUT2D eigenvalue weighted by Crippen LogP contribution is 2.62. The van der Waals surface area contributed by atoms with Crippen LogP contribution < -0.4 is 5.32 Å². The number of carboxylic acids is 1. The maximum Gasteiger partial charge on any atom is 0.321 e. The first-order chi connectivity index (χ1) is 5.05. The van der Waals surface area contributed by atoms with Gasteiger partial charge in [0.2, 0.25) is 0 Å². The summed E-state index contributed by atoms with van der Waals surface area (Å²) in [5.41, 5.74) is 0.272. The van der Waals surface area contributed by atoms with E-state index in [4.69, 9.17) is 5.11 Å². The van der Waals surface area contributed by atoms with E-state index in [1.165, 1.54) is 0 Å². The molecule has 3 nitrogen and oxygen atoms in total. The predicted octanol–water partition coefficient (Wildman–Crippen LogP) is 0.315. The van der Waals surface area contributed by atoms with Crippen molar-refractivity contribution < 1.29 is 9.90 Å². The van der Waals surface area contributed by atoms with Crippen LogP contribution in [0.1, 0.15) is 13.8 Å². The molecule has 3 heteroatoms. The largest absolute Gasteiger partial charge is 0.480 e. The number of aliphatic carboxylic acids is 1.